The van der Waals surface area contributed by atoms with Crippen LogP contribution in [0.25, 0.3) is 0 Å². The van der Waals surface area contributed by atoms with Crippen LogP contribution in [0.3, 0.4) is 0 Å². The van der Waals surface area contributed by atoms with E-state index in [2.05, 4.69) is 4.98 Å². The molecule has 0 aliphatic carbocycles. The standard InChI is InChI=1S/C14H11ClN2O2/c15-9-5-10-12(18)7-13(8-1-3-17-4-2-8)19-14(10)11(16)6-9/h1-6,13H,7,16H2. The van der Waals surface area contributed by atoms with Gasteiger partial charge in [-0.05, 0) is 29.8 Å². The summed E-state index contributed by atoms with van der Waals surface area (Å²) in [7, 11) is 0. The van der Waals surface area contributed by atoms with Gasteiger partial charge >= 0.3 is 0 Å². The van der Waals surface area contributed by atoms with Crippen LogP contribution in [0.1, 0.15) is 28.4 Å². The predicted molar refractivity (Wildman–Crippen MR) is 72.4 cm³/mol. The number of carbonyl (C=O) groups excluding carboxylic acids is 1. The van der Waals surface area contributed by atoms with Crippen molar-refractivity contribution in [1.82, 2.24) is 4.98 Å². The number of fused-ring (bicyclic) bond motifs is 1. The van der Waals surface area contributed by atoms with Gasteiger partial charge in [0.1, 0.15) is 6.10 Å². The van der Waals surface area contributed by atoms with Gasteiger partial charge in [0.2, 0.25) is 0 Å². The van der Waals surface area contributed by atoms with Gasteiger partial charge in [0.15, 0.2) is 11.5 Å². The molecule has 5 heteroatoms. The van der Waals surface area contributed by atoms with Gasteiger partial charge in [-0.1, -0.05) is 11.6 Å². The van der Waals surface area contributed by atoms with Crippen molar-refractivity contribution in [3.8, 4) is 5.75 Å². The number of nitrogens with zero attached hydrogens (tertiary/aromatic N) is 1. The van der Waals surface area contributed by atoms with Crippen molar-refractivity contribution < 1.29 is 9.53 Å². The number of hydrogen-bond acceptors (Lipinski definition) is 4. The summed E-state index contributed by atoms with van der Waals surface area (Å²) in [4.78, 5) is 16.1. The zero-order valence-electron chi connectivity index (χ0n) is 9.97. The molecular weight excluding hydrogens is 264 g/mol. The Hall–Kier alpha value is -2.07. The molecule has 1 unspecified atom stereocenters. The highest BCUT2D eigenvalue weighted by molar-refractivity contribution is 6.31. The third-order valence-electron chi connectivity index (χ3n) is 3.09. The fraction of sp³-hybridized carbons (Fsp3) is 0.143. The number of hydrogen-bond donors (Lipinski definition) is 1. The topological polar surface area (TPSA) is 65.2 Å². The highest BCUT2D eigenvalue weighted by Crippen LogP contribution is 2.40. The van der Waals surface area contributed by atoms with Crippen molar-refractivity contribution in [3.63, 3.8) is 0 Å². The molecule has 0 fully saturated rings. The van der Waals surface area contributed by atoms with Crippen LogP contribution in [-0.4, -0.2) is 10.8 Å². The van der Waals surface area contributed by atoms with E-state index in [0.29, 0.717) is 22.0 Å². The van der Waals surface area contributed by atoms with Gasteiger partial charge in [-0.3, -0.25) is 9.78 Å². The summed E-state index contributed by atoms with van der Waals surface area (Å²) in [5.74, 6) is 0.403. The number of benzene rings is 1. The van der Waals surface area contributed by atoms with E-state index in [1.807, 2.05) is 12.1 Å². The minimum atomic E-state index is -0.327. The third-order valence-corrected chi connectivity index (χ3v) is 3.31. The molecule has 96 valence electrons. The van der Waals surface area contributed by atoms with Crippen LogP contribution in [0.15, 0.2) is 36.7 Å². The van der Waals surface area contributed by atoms with Crippen molar-refractivity contribution >= 4 is 23.1 Å². The molecule has 2 heterocycles. The smallest absolute Gasteiger partial charge is 0.170 e. The average molecular weight is 275 g/mol. The van der Waals surface area contributed by atoms with E-state index in [0.717, 1.165) is 5.56 Å². The second-order valence-electron chi connectivity index (χ2n) is 4.39. The molecule has 2 aromatic rings. The number of Topliss-reactive ketones (excluding diaryl/α,β-unsaturated/α-hetero) is 1. The fourth-order valence-corrected chi connectivity index (χ4v) is 2.41. The van der Waals surface area contributed by atoms with Crippen molar-refractivity contribution in [2.45, 2.75) is 12.5 Å². The van der Waals surface area contributed by atoms with Crippen LogP contribution < -0.4 is 10.5 Å². The Labute approximate surface area is 115 Å². The largest absolute Gasteiger partial charge is 0.482 e. The lowest BCUT2D eigenvalue weighted by molar-refractivity contribution is 0.0851. The second-order valence-corrected chi connectivity index (χ2v) is 4.82. The molecule has 1 aromatic carbocycles. The number of halogens is 1. The average Bonchev–Trinajstić information content (AvgIpc) is 2.41. The summed E-state index contributed by atoms with van der Waals surface area (Å²) < 4.78 is 5.84. The van der Waals surface area contributed by atoms with Gasteiger partial charge in [0.05, 0.1) is 17.7 Å². The first-order chi connectivity index (χ1) is 9.15. The van der Waals surface area contributed by atoms with E-state index < -0.39 is 0 Å². The lowest BCUT2D eigenvalue weighted by Crippen LogP contribution is -2.21. The summed E-state index contributed by atoms with van der Waals surface area (Å²) in [5.41, 5.74) is 7.61. The maximum Gasteiger partial charge on any atom is 0.170 e. The quantitative estimate of drug-likeness (QED) is 0.812. The summed E-state index contributed by atoms with van der Waals surface area (Å²) in [6.45, 7) is 0. The minimum Gasteiger partial charge on any atom is -0.482 e. The Morgan fingerprint density at radius 1 is 1.32 bits per heavy atom. The monoisotopic (exact) mass is 274 g/mol. The zero-order valence-corrected chi connectivity index (χ0v) is 10.7. The third kappa shape index (κ3) is 2.15. The Bertz CT molecular complexity index is 643. The van der Waals surface area contributed by atoms with Crippen LogP contribution in [0.4, 0.5) is 5.69 Å². The Morgan fingerprint density at radius 3 is 2.79 bits per heavy atom. The number of pyridine rings is 1. The lowest BCUT2D eigenvalue weighted by Gasteiger charge is -2.26. The van der Waals surface area contributed by atoms with Crippen molar-refractivity contribution in [2.24, 2.45) is 0 Å². The van der Waals surface area contributed by atoms with E-state index in [1.54, 1.807) is 24.5 Å². The van der Waals surface area contributed by atoms with E-state index in [9.17, 15) is 4.79 Å². The molecule has 2 N–H and O–H groups in total. The van der Waals surface area contributed by atoms with Gasteiger partial charge in [-0.15, -0.1) is 0 Å². The normalized spacial score (nSPS) is 17.7. The first-order valence-electron chi connectivity index (χ1n) is 5.84. The number of carbonyl (C=O) groups is 1. The van der Waals surface area contributed by atoms with Crippen LogP contribution in [0, 0.1) is 0 Å². The summed E-state index contributed by atoms with van der Waals surface area (Å²) in [5, 5.41) is 0.440. The molecule has 0 saturated heterocycles. The Morgan fingerprint density at radius 2 is 2.05 bits per heavy atom. The van der Waals surface area contributed by atoms with Gasteiger partial charge in [0, 0.05) is 17.4 Å². The Balaban J connectivity index is 2.03. The highest BCUT2D eigenvalue weighted by atomic mass is 35.5. The first-order valence-corrected chi connectivity index (χ1v) is 6.22. The fourth-order valence-electron chi connectivity index (χ4n) is 2.18. The molecule has 19 heavy (non-hydrogen) atoms. The number of ether oxygens (including phenoxy) is 1. The van der Waals surface area contributed by atoms with E-state index in [-0.39, 0.29) is 18.3 Å². The maximum absolute atomic E-state index is 12.2. The molecule has 1 atom stereocenters. The molecule has 0 bridgehead atoms. The number of nitrogen functional groups attached to an aromatic ring is 1. The number of anilines is 1. The van der Waals surface area contributed by atoms with E-state index >= 15 is 0 Å². The Kier molecular flexibility index (Phi) is 2.87. The SMILES string of the molecule is Nc1cc(Cl)cc2c1OC(c1ccncc1)CC2=O. The summed E-state index contributed by atoms with van der Waals surface area (Å²) in [6, 6.07) is 6.84. The van der Waals surface area contributed by atoms with E-state index in [1.165, 1.54) is 0 Å². The number of rotatable bonds is 1. The highest BCUT2D eigenvalue weighted by Gasteiger charge is 2.29. The molecular formula is C14H11ClN2O2. The van der Waals surface area contributed by atoms with Crippen molar-refractivity contribution in [3.05, 3.63) is 52.8 Å². The summed E-state index contributed by atoms with van der Waals surface area (Å²) in [6.07, 6.45) is 3.29. The molecule has 1 aliphatic rings. The van der Waals surface area contributed by atoms with Gasteiger partial charge in [0.25, 0.3) is 0 Å². The van der Waals surface area contributed by atoms with Crippen LogP contribution in [-0.2, 0) is 0 Å². The second kappa shape index (κ2) is 4.55. The molecule has 1 aromatic heterocycles. The van der Waals surface area contributed by atoms with Crippen LogP contribution in [0.2, 0.25) is 5.02 Å². The molecule has 0 radical (unpaired) electrons. The molecule has 1 aliphatic heterocycles. The maximum atomic E-state index is 12.2. The van der Waals surface area contributed by atoms with Crippen LogP contribution in [0.5, 0.6) is 5.75 Å². The van der Waals surface area contributed by atoms with Crippen LogP contribution >= 0.6 is 11.6 Å². The summed E-state index contributed by atoms with van der Waals surface area (Å²) >= 11 is 5.90. The first kappa shape index (κ1) is 12.0. The van der Waals surface area contributed by atoms with E-state index in [4.69, 9.17) is 22.1 Å². The zero-order chi connectivity index (χ0) is 13.4. The van der Waals surface area contributed by atoms with Crippen molar-refractivity contribution in [2.75, 3.05) is 5.73 Å². The number of nitrogens with two attached hydrogens (primary N) is 1. The lowest BCUT2D eigenvalue weighted by atomic mass is 9.96. The number of ketones is 1. The van der Waals surface area contributed by atoms with Gasteiger partial charge < -0.3 is 10.5 Å². The number of aromatic nitrogens is 1. The predicted octanol–water partition coefficient (Wildman–Crippen LogP) is 3.02. The molecule has 0 amide bonds. The van der Waals surface area contributed by atoms with Gasteiger partial charge in [-0.2, -0.15) is 0 Å². The minimum absolute atomic E-state index is 0.0164. The molecule has 4 nitrogen and oxygen atoms in total. The molecule has 0 saturated carbocycles. The molecule has 3 rings (SSSR count). The molecule has 0 spiro atoms. The van der Waals surface area contributed by atoms with Crippen molar-refractivity contribution in [1.29, 1.82) is 0 Å². The van der Waals surface area contributed by atoms with Gasteiger partial charge in [-0.25, -0.2) is 0 Å².